The molecule has 1 aromatic heterocycles. The number of hydrogen-bond donors (Lipinski definition) is 1. The lowest BCUT2D eigenvalue weighted by atomic mass is 10.3. The van der Waals surface area contributed by atoms with Crippen molar-refractivity contribution in [3.63, 3.8) is 0 Å². The van der Waals surface area contributed by atoms with Crippen molar-refractivity contribution in [3.05, 3.63) is 52.0 Å². The maximum Gasteiger partial charge on any atom is 0.205 e. The van der Waals surface area contributed by atoms with Crippen molar-refractivity contribution in [3.8, 4) is 5.69 Å². The van der Waals surface area contributed by atoms with Crippen LogP contribution < -0.4 is 5.73 Å². The number of nitrogens with zero attached hydrogens (tertiary/aromatic N) is 2. The summed E-state index contributed by atoms with van der Waals surface area (Å²) in [5.74, 6) is 0.427. The van der Waals surface area contributed by atoms with E-state index >= 15 is 0 Å². The van der Waals surface area contributed by atoms with Gasteiger partial charge < -0.3 is 5.73 Å². The summed E-state index contributed by atoms with van der Waals surface area (Å²) < 4.78 is 2.79. The maximum atomic E-state index is 6.24. The van der Waals surface area contributed by atoms with Crippen LogP contribution in [0, 0.1) is 0 Å². The molecule has 0 aliphatic heterocycles. The van der Waals surface area contributed by atoms with Crippen LogP contribution in [0.15, 0.2) is 46.9 Å². The summed E-state index contributed by atoms with van der Waals surface area (Å²) in [5, 5.41) is 0.632. The van der Waals surface area contributed by atoms with Gasteiger partial charge in [0.2, 0.25) is 5.95 Å². The molecule has 1 heterocycles. The summed E-state index contributed by atoms with van der Waals surface area (Å²) in [4.78, 5) is 4.33. The maximum absolute atomic E-state index is 6.24. The molecular weight excluding hydrogens is 314 g/mol. The molecule has 18 heavy (non-hydrogen) atoms. The number of imidazole rings is 1. The van der Waals surface area contributed by atoms with E-state index in [0.717, 1.165) is 21.2 Å². The summed E-state index contributed by atoms with van der Waals surface area (Å²) in [6.45, 7) is 0. The summed E-state index contributed by atoms with van der Waals surface area (Å²) in [6.07, 6.45) is 0. The highest BCUT2D eigenvalue weighted by atomic mass is 79.9. The monoisotopic (exact) mass is 321 g/mol. The quantitative estimate of drug-likeness (QED) is 0.735. The van der Waals surface area contributed by atoms with Crippen LogP contribution in [0.5, 0.6) is 0 Å². The average molecular weight is 323 g/mol. The van der Waals surface area contributed by atoms with E-state index < -0.39 is 0 Å². The SMILES string of the molecule is Nc1nc2ccccc2n1-c1cc(Br)ccc1Cl. The molecule has 0 saturated carbocycles. The third-order valence-electron chi connectivity index (χ3n) is 2.74. The molecule has 90 valence electrons. The second-order valence-electron chi connectivity index (χ2n) is 3.89. The van der Waals surface area contributed by atoms with E-state index in [9.17, 15) is 0 Å². The van der Waals surface area contributed by atoms with Crippen LogP contribution in [0.3, 0.4) is 0 Å². The smallest absolute Gasteiger partial charge is 0.205 e. The molecule has 3 nitrogen and oxygen atoms in total. The molecule has 3 rings (SSSR count). The van der Waals surface area contributed by atoms with Gasteiger partial charge in [-0.3, -0.25) is 4.57 Å². The Kier molecular flexibility index (Phi) is 2.76. The van der Waals surface area contributed by atoms with Gasteiger partial charge in [0.15, 0.2) is 0 Å². The van der Waals surface area contributed by atoms with Gasteiger partial charge in [0.25, 0.3) is 0 Å². The molecule has 3 aromatic rings. The molecule has 2 aromatic carbocycles. The Morgan fingerprint density at radius 3 is 2.78 bits per heavy atom. The Balaban J connectivity index is 2.37. The highest BCUT2D eigenvalue weighted by molar-refractivity contribution is 9.10. The minimum Gasteiger partial charge on any atom is -0.369 e. The van der Waals surface area contributed by atoms with Gasteiger partial charge in [-0.05, 0) is 30.3 Å². The van der Waals surface area contributed by atoms with Crippen LogP contribution in [0.2, 0.25) is 5.02 Å². The highest BCUT2D eigenvalue weighted by Crippen LogP contribution is 2.30. The first-order valence-corrected chi connectivity index (χ1v) is 6.52. The molecule has 0 amide bonds. The van der Waals surface area contributed by atoms with E-state index in [2.05, 4.69) is 20.9 Å². The van der Waals surface area contributed by atoms with Gasteiger partial charge in [0.05, 0.1) is 21.7 Å². The van der Waals surface area contributed by atoms with Gasteiger partial charge in [0.1, 0.15) is 0 Å². The predicted octanol–water partition coefficient (Wildman–Crippen LogP) is 4.02. The molecule has 0 fully saturated rings. The zero-order valence-electron chi connectivity index (χ0n) is 9.27. The Labute approximate surface area is 117 Å². The van der Waals surface area contributed by atoms with Crippen molar-refractivity contribution in [2.75, 3.05) is 5.73 Å². The Morgan fingerprint density at radius 2 is 1.94 bits per heavy atom. The molecular formula is C13H9BrClN3. The van der Waals surface area contributed by atoms with Crippen LogP contribution in [0.1, 0.15) is 0 Å². The van der Waals surface area contributed by atoms with Crippen LogP contribution in [0.4, 0.5) is 5.95 Å². The predicted molar refractivity (Wildman–Crippen MR) is 78.2 cm³/mol. The lowest BCUT2D eigenvalue weighted by molar-refractivity contribution is 1.11. The minimum absolute atomic E-state index is 0.427. The van der Waals surface area contributed by atoms with Crippen molar-refractivity contribution in [1.82, 2.24) is 9.55 Å². The number of aromatic nitrogens is 2. The van der Waals surface area contributed by atoms with Gasteiger partial charge >= 0.3 is 0 Å². The molecule has 0 radical (unpaired) electrons. The third-order valence-corrected chi connectivity index (χ3v) is 3.55. The number of anilines is 1. The van der Waals surface area contributed by atoms with Gasteiger partial charge in [-0.1, -0.05) is 39.7 Å². The zero-order chi connectivity index (χ0) is 12.7. The van der Waals surface area contributed by atoms with E-state index in [4.69, 9.17) is 17.3 Å². The Bertz CT molecular complexity index is 736. The van der Waals surface area contributed by atoms with Gasteiger partial charge in [-0.25, -0.2) is 4.98 Å². The van der Waals surface area contributed by atoms with Crippen LogP contribution >= 0.6 is 27.5 Å². The first-order valence-electron chi connectivity index (χ1n) is 5.35. The molecule has 0 bridgehead atoms. The molecule has 0 unspecified atom stereocenters. The van der Waals surface area contributed by atoms with Crippen molar-refractivity contribution >= 4 is 44.5 Å². The second-order valence-corrected chi connectivity index (χ2v) is 5.21. The van der Waals surface area contributed by atoms with Gasteiger partial charge in [-0.15, -0.1) is 0 Å². The summed E-state index contributed by atoms with van der Waals surface area (Å²) in [7, 11) is 0. The van der Waals surface area contributed by atoms with Crippen molar-refractivity contribution in [1.29, 1.82) is 0 Å². The number of nitrogen functional groups attached to an aromatic ring is 1. The van der Waals surface area contributed by atoms with Crippen LogP contribution in [0.25, 0.3) is 16.7 Å². The number of rotatable bonds is 1. The largest absolute Gasteiger partial charge is 0.369 e. The summed E-state index contributed by atoms with van der Waals surface area (Å²) >= 11 is 9.67. The summed E-state index contributed by atoms with van der Waals surface area (Å²) in [5.41, 5.74) is 8.59. The normalized spacial score (nSPS) is 11.0. The lowest BCUT2D eigenvalue weighted by Crippen LogP contribution is -2.01. The van der Waals surface area contributed by atoms with Crippen LogP contribution in [-0.4, -0.2) is 9.55 Å². The van der Waals surface area contributed by atoms with Crippen LogP contribution in [-0.2, 0) is 0 Å². The van der Waals surface area contributed by atoms with E-state index in [1.165, 1.54) is 0 Å². The number of fused-ring (bicyclic) bond motifs is 1. The van der Waals surface area contributed by atoms with Gasteiger partial charge in [-0.2, -0.15) is 0 Å². The summed E-state index contributed by atoms with van der Waals surface area (Å²) in [6, 6.07) is 13.4. The number of para-hydroxylation sites is 2. The molecule has 0 atom stereocenters. The average Bonchev–Trinajstić information content (AvgIpc) is 2.68. The van der Waals surface area contributed by atoms with E-state index in [-0.39, 0.29) is 0 Å². The molecule has 5 heteroatoms. The first kappa shape index (κ1) is 11.6. The number of benzene rings is 2. The van der Waals surface area contributed by atoms with Crippen molar-refractivity contribution in [2.24, 2.45) is 0 Å². The molecule has 0 aliphatic carbocycles. The van der Waals surface area contributed by atoms with E-state index in [0.29, 0.717) is 11.0 Å². The minimum atomic E-state index is 0.427. The first-order chi connectivity index (χ1) is 8.66. The molecule has 0 spiro atoms. The molecule has 2 N–H and O–H groups in total. The fourth-order valence-corrected chi connectivity index (χ4v) is 2.51. The standard InChI is InChI=1S/C13H9BrClN3/c14-8-5-6-9(15)12(7-8)18-11-4-2-1-3-10(11)17-13(18)16/h1-7H,(H2,16,17). The number of halogens is 2. The third kappa shape index (κ3) is 1.78. The lowest BCUT2D eigenvalue weighted by Gasteiger charge is -2.09. The fourth-order valence-electron chi connectivity index (χ4n) is 1.95. The van der Waals surface area contributed by atoms with Gasteiger partial charge in [0, 0.05) is 4.47 Å². The molecule has 0 aliphatic rings. The number of nitrogens with two attached hydrogens (primary N) is 1. The number of hydrogen-bond acceptors (Lipinski definition) is 2. The highest BCUT2D eigenvalue weighted by Gasteiger charge is 2.12. The Hall–Kier alpha value is -1.52. The Morgan fingerprint density at radius 1 is 1.17 bits per heavy atom. The van der Waals surface area contributed by atoms with E-state index in [1.807, 2.05) is 47.0 Å². The fraction of sp³-hybridized carbons (Fsp3) is 0. The zero-order valence-corrected chi connectivity index (χ0v) is 11.6. The van der Waals surface area contributed by atoms with E-state index in [1.54, 1.807) is 0 Å². The topological polar surface area (TPSA) is 43.8 Å². The van der Waals surface area contributed by atoms with Crippen molar-refractivity contribution in [2.45, 2.75) is 0 Å². The van der Waals surface area contributed by atoms with Crippen molar-refractivity contribution < 1.29 is 0 Å². The second kappa shape index (κ2) is 4.30. The molecule has 0 saturated heterocycles.